The van der Waals surface area contributed by atoms with Gasteiger partial charge in [-0.1, -0.05) is 26.8 Å². The van der Waals surface area contributed by atoms with Crippen molar-refractivity contribution in [2.45, 2.75) is 58.5 Å². The number of thiazole rings is 1. The van der Waals surface area contributed by atoms with Gasteiger partial charge in [-0.3, -0.25) is 9.78 Å². The Kier molecular flexibility index (Phi) is 7.43. The molecule has 6 atom stereocenters. The molecule has 3 heterocycles. The molecule has 35 heavy (non-hydrogen) atoms. The van der Waals surface area contributed by atoms with Gasteiger partial charge in [0.05, 0.1) is 11.8 Å². The molecule has 6 nitrogen and oxygen atoms in total. The smallest absolute Gasteiger partial charge is 0.225 e. The minimum atomic E-state index is -0.475. The predicted octanol–water partition coefficient (Wildman–Crippen LogP) is 4.46. The van der Waals surface area contributed by atoms with Crippen molar-refractivity contribution < 1.29 is 9.90 Å². The number of carbonyl (C=O) groups excluding carboxylic acids is 1. The first kappa shape index (κ1) is 25.0. The van der Waals surface area contributed by atoms with Crippen molar-refractivity contribution in [3.8, 4) is 0 Å². The molecule has 1 amide bonds. The molecule has 0 spiro atoms. The van der Waals surface area contributed by atoms with Gasteiger partial charge in [-0.25, -0.2) is 4.98 Å². The Balaban J connectivity index is 1.28. The molecule has 0 aromatic carbocycles. The summed E-state index contributed by atoms with van der Waals surface area (Å²) in [4.78, 5) is 26.0. The number of carbonyl (C=O) groups is 1. The van der Waals surface area contributed by atoms with E-state index in [0.717, 1.165) is 73.3 Å². The number of fused-ring (bicyclic) bond motifs is 2. The van der Waals surface area contributed by atoms with E-state index in [1.807, 2.05) is 41.9 Å². The van der Waals surface area contributed by atoms with Crippen molar-refractivity contribution in [3.63, 3.8) is 0 Å². The number of nitrogens with zero attached hydrogens (tertiary/aromatic N) is 3. The Morgan fingerprint density at radius 1 is 1.34 bits per heavy atom. The number of aliphatic hydroxyl groups is 1. The fourth-order valence-corrected chi connectivity index (χ4v) is 8.91. The zero-order chi connectivity index (χ0) is 24.6. The highest BCUT2D eigenvalue weighted by atomic mass is 32.2. The highest BCUT2D eigenvalue weighted by Crippen LogP contribution is 2.57. The van der Waals surface area contributed by atoms with Crippen molar-refractivity contribution in [2.24, 2.45) is 23.2 Å². The summed E-state index contributed by atoms with van der Waals surface area (Å²) < 4.78 is 0. The molecular weight excluding hydrogens is 476 g/mol. The zero-order valence-corrected chi connectivity index (χ0v) is 22.7. The molecule has 2 aromatic heterocycles. The maximum atomic E-state index is 13.3. The first-order valence-electron chi connectivity index (χ1n) is 13.1. The van der Waals surface area contributed by atoms with Crippen molar-refractivity contribution in [2.75, 3.05) is 36.5 Å². The summed E-state index contributed by atoms with van der Waals surface area (Å²) in [7, 11) is 0. The van der Waals surface area contributed by atoms with Crippen LogP contribution in [-0.4, -0.2) is 63.1 Å². The van der Waals surface area contributed by atoms with E-state index in [9.17, 15) is 9.90 Å². The standard InChI is InChI=1S/C27H38N4O2S2/c1-17(25(33)31-12-14-34-15-13-31)20-7-9-27(3)16-21-23(18(2)22(27)24(20)32)30-26(35-21)29-11-8-19-6-4-5-10-28-19/h4-6,10,17-18,20,22,24,32H,7-9,11-16H2,1-3H3,(H,29,30)/t17-,18+,20-,22+,24-,27+/m0/s1. The van der Waals surface area contributed by atoms with Gasteiger partial charge in [0.2, 0.25) is 5.91 Å². The second-order valence-corrected chi connectivity index (χ2v) is 13.2. The van der Waals surface area contributed by atoms with E-state index < -0.39 is 6.10 Å². The number of amides is 1. The van der Waals surface area contributed by atoms with Gasteiger partial charge in [-0.05, 0) is 48.6 Å². The lowest BCUT2D eigenvalue weighted by molar-refractivity contribution is -0.144. The molecule has 0 bridgehead atoms. The highest BCUT2D eigenvalue weighted by Gasteiger charge is 2.54. The summed E-state index contributed by atoms with van der Waals surface area (Å²) in [6.07, 6.45) is 5.16. The van der Waals surface area contributed by atoms with Gasteiger partial charge in [-0.2, -0.15) is 11.8 Å². The van der Waals surface area contributed by atoms with Crippen LogP contribution in [0, 0.1) is 23.2 Å². The predicted molar refractivity (Wildman–Crippen MR) is 144 cm³/mol. The monoisotopic (exact) mass is 514 g/mol. The van der Waals surface area contributed by atoms with Crippen molar-refractivity contribution in [1.29, 1.82) is 0 Å². The van der Waals surface area contributed by atoms with Crippen LogP contribution in [0.2, 0.25) is 0 Å². The minimum Gasteiger partial charge on any atom is -0.392 e. The van der Waals surface area contributed by atoms with Crippen LogP contribution in [0.3, 0.4) is 0 Å². The third kappa shape index (κ3) is 4.98. The third-order valence-corrected chi connectivity index (χ3v) is 10.6. The van der Waals surface area contributed by atoms with E-state index in [4.69, 9.17) is 4.98 Å². The normalized spacial score (nSPS) is 31.4. The number of aromatic nitrogens is 2. The lowest BCUT2D eigenvalue weighted by Gasteiger charge is -2.53. The van der Waals surface area contributed by atoms with Gasteiger partial charge in [0, 0.05) is 66.2 Å². The molecule has 2 aliphatic carbocycles. The first-order valence-corrected chi connectivity index (χ1v) is 15.0. The third-order valence-electron chi connectivity index (χ3n) is 8.66. The van der Waals surface area contributed by atoms with Crippen LogP contribution in [0.4, 0.5) is 5.13 Å². The minimum absolute atomic E-state index is 0.0220. The number of hydrogen-bond acceptors (Lipinski definition) is 7. The summed E-state index contributed by atoms with van der Waals surface area (Å²) in [6, 6.07) is 6.01. The Labute approximate surface area is 217 Å². The fraction of sp³-hybridized carbons (Fsp3) is 0.667. The van der Waals surface area contributed by atoms with Gasteiger partial charge >= 0.3 is 0 Å². The van der Waals surface area contributed by atoms with E-state index in [0.29, 0.717) is 0 Å². The second-order valence-electron chi connectivity index (χ2n) is 10.9. The van der Waals surface area contributed by atoms with Gasteiger partial charge in [-0.15, -0.1) is 11.3 Å². The molecule has 2 N–H and O–H groups in total. The number of rotatable bonds is 6. The average Bonchev–Trinajstić information content (AvgIpc) is 3.27. The number of nitrogens with one attached hydrogen (secondary N) is 1. The number of thioether (sulfide) groups is 1. The molecule has 0 radical (unpaired) electrons. The lowest BCUT2D eigenvalue weighted by Crippen LogP contribution is -2.54. The second kappa shape index (κ2) is 10.4. The zero-order valence-electron chi connectivity index (χ0n) is 21.1. The van der Waals surface area contributed by atoms with E-state index in [1.54, 1.807) is 11.3 Å². The molecule has 1 saturated carbocycles. The average molecular weight is 515 g/mol. The fourth-order valence-electron chi connectivity index (χ4n) is 6.72. The Morgan fingerprint density at radius 3 is 2.89 bits per heavy atom. The Bertz CT molecular complexity index is 1030. The maximum Gasteiger partial charge on any atom is 0.225 e. The van der Waals surface area contributed by atoms with Gasteiger partial charge < -0.3 is 15.3 Å². The lowest BCUT2D eigenvalue weighted by atomic mass is 9.53. The molecule has 1 saturated heterocycles. The maximum absolute atomic E-state index is 13.3. The summed E-state index contributed by atoms with van der Waals surface area (Å²) in [5, 5.41) is 16.2. The summed E-state index contributed by atoms with van der Waals surface area (Å²) in [5.74, 6) is 2.47. The number of anilines is 1. The largest absolute Gasteiger partial charge is 0.392 e. The van der Waals surface area contributed by atoms with Crippen molar-refractivity contribution in [1.82, 2.24) is 14.9 Å². The SMILES string of the molecule is C[C@H](C(=O)N1CCSCC1)[C@@H]1CC[C@]2(C)Cc3sc(NCCc4ccccn4)nc3[C@H](C)[C@@H]2[C@H]1O. The quantitative estimate of drug-likeness (QED) is 0.593. The van der Waals surface area contributed by atoms with Crippen LogP contribution in [0.15, 0.2) is 24.4 Å². The van der Waals surface area contributed by atoms with Crippen LogP contribution in [0.25, 0.3) is 0 Å². The molecule has 3 aliphatic rings. The molecule has 8 heteroatoms. The summed E-state index contributed by atoms with van der Waals surface area (Å²) >= 11 is 3.69. The molecule has 2 fully saturated rings. The van der Waals surface area contributed by atoms with E-state index in [2.05, 4.69) is 30.2 Å². The molecule has 5 rings (SSSR count). The molecular formula is C27H38N4O2S2. The first-order chi connectivity index (χ1) is 16.9. The van der Waals surface area contributed by atoms with Gasteiger partial charge in [0.25, 0.3) is 0 Å². The van der Waals surface area contributed by atoms with E-state index in [1.165, 1.54) is 4.88 Å². The Hall–Kier alpha value is -1.64. The van der Waals surface area contributed by atoms with E-state index in [-0.39, 0.29) is 35.0 Å². The van der Waals surface area contributed by atoms with Gasteiger partial charge in [0.15, 0.2) is 5.13 Å². The van der Waals surface area contributed by atoms with Crippen LogP contribution < -0.4 is 5.32 Å². The van der Waals surface area contributed by atoms with Crippen LogP contribution in [0.5, 0.6) is 0 Å². The number of hydrogen-bond donors (Lipinski definition) is 2. The number of aliphatic hydroxyl groups excluding tert-OH is 1. The number of pyridine rings is 1. The van der Waals surface area contributed by atoms with Crippen LogP contribution in [0.1, 0.15) is 55.8 Å². The van der Waals surface area contributed by atoms with Crippen LogP contribution >= 0.6 is 23.1 Å². The van der Waals surface area contributed by atoms with Crippen molar-refractivity contribution >= 4 is 34.1 Å². The van der Waals surface area contributed by atoms with E-state index >= 15 is 0 Å². The summed E-state index contributed by atoms with van der Waals surface area (Å²) in [5.41, 5.74) is 2.27. The summed E-state index contributed by atoms with van der Waals surface area (Å²) in [6.45, 7) is 9.11. The van der Waals surface area contributed by atoms with Crippen LogP contribution in [-0.2, 0) is 17.6 Å². The Morgan fingerprint density at radius 2 is 2.14 bits per heavy atom. The molecule has 190 valence electrons. The molecule has 2 aromatic rings. The van der Waals surface area contributed by atoms with Gasteiger partial charge in [0.1, 0.15) is 0 Å². The highest BCUT2D eigenvalue weighted by molar-refractivity contribution is 7.99. The molecule has 1 aliphatic heterocycles. The molecule has 0 unspecified atom stereocenters. The van der Waals surface area contributed by atoms with Crippen molar-refractivity contribution in [3.05, 3.63) is 40.7 Å². The topological polar surface area (TPSA) is 78.4 Å².